The molecule has 0 amide bonds. The molecule has 0 unspecified atom stereocenters. The monoisotopic (exact) mass is 388 g/mol. The Morgan fingerprint density at radius 3 is 1.56 bits per heavy atom. The molecule has 0 bridgehead atoms. The van der Waals surface area contributed by atoms with Gasteiger partial charge in [-0.2, -0.15) is 0 Å². The van der Waals surface area contributed by atoms with E-state index in [-0.39, 0.29) is 0 Å². The van der Waals surface area contributed by atoms with Crippen LogP contribution in [0.3, 0.4) is 0 Å². The van der Waals surface area contributed by atoms with Gasteiger partial charge in [0.1, 0.15) is 0 Å². The van der Waals surface area contributed by atoms with E-state index in [9.17, 15) is 0 Å². The summed E-state index contributed by atoms with van der Waals surface area (Å²) >= 11 is 3.93. The molecule has 2 aromatic rings. The van der Waals surface area contributed by atoms with Crippen molar-refractivity contribution in [3.05, 3.63) is 0 Å². The molecule has 0 saturated heterocycles. The number of aromatic nitrogens is 4. The van der Waals surface area contributed by atoms with Gasteiger partial charge in [-0.05, 0) is 0 Å². The van der Waals surface area contributed by atoms with Gasteiger partial charge in [0.25, 0.3) is 0 Å². The molecule has 0 saturated carbocycles. The average Bonchev–Trinajstić information content (AvgIpc) is 2.95. The van der Waals surface area contributed by atoms with Crippen LogP contribution in [0.25, 0.3) is 0 Å². The zero-order chi connectivity index (χ0) is 11.4. The number of nitrogens with one attached hydrogen (secondary N) is 2. The molecule has 2 rings (SSSR count). The summed E-state index contributed by atoms with van der Waals surface area (Å²) in [6, 6.07) is 0. The van der Waals surface area contributed by atoms with Crippen molar-refractivity contribution in [2.24, 2.45) is 0 Å². The molecule has 0 aromatic carbocycles. The van der Waals surface area contributed by atoms with Crippen molar-refractivity contribution >= 4 is 67.0 Å². The standard InChI is InChI=1S/C6H8N6S2Se2/c1-7-3-9-11-5(13-3)15-16-6-12-10-4(8-2)14-6/h1-2H3,(H,7,9)(H,8,10). The van der Waals surface area contributed by atoms with E-state index in [0.717, 1.165) is 18.1 Å². The van der Waals surface area contributed by atoms with Gasteiger partial charge in [0.2, 0.25) is 0 Å². The van der Waals surface area contributed by atoms with E-state index in [1.54, 1.807) is 22.7 Å². The molecule has 2 aromatic heterocycles. The molecule has 0 aliphatic carbocycles. The first-order chi connectivity index (χ1) is 7.81. The summed E-state index contributed by atoms with van der Waals surface area (Å²) in [4.78, 5) is 0. The first-order valence-corrected chi connectivity index (χ1v) is 11.9. The Morgan fingerprint density at radius 1 is 0.812 bits per heavy atom. The van der Waals surface area contributed by atoms with Crippen LogP contribution in [0.4, 0.5) is 10.3 Å². The van der Waals surface area contributed by atoms with Crippen molar-refractivity contribution in [1.29, 1.82) is 0 Å². The maximum absolute atomic E-state index is 4.12. The molecule has 0 atom stereocenters. The third kappa shape index (κ3) is 3.13. The van der Waals surface area contributed by atoms with Gasteiger partial charge in [0.05, 0.1) is 0 Å². The molecule has 0 aliphatic heterocycles. The fraction of sp³-hybridized carbons (Fsp3) is 0.333. The Hall–Kier alpha value is -0.241. The van der Waals surface area contributed by atoms with Gasteiger partial charge in [-0.15, -0.1) is 0 Å². The number of nitrogens with zero attached hydrogens (tertiary/aromatic N) is 4. The number of anilines is 2. The Morgan fingerprint density at radius 2 is 1.25 bits per heavy atom. The zero-order valence-electron chi connectivity index (χ0n) is 8.42. The Balaban J connectivity index is 1.91. The van der Waals surface area contributed by atoms with Gasteiger partial charge in [-0.1, -0.05) is 0 Å². The van der Waals surface area contributed by atoms with Crippen LogP contribution in [0, 0.1) is 0 Å². The molecular weight excluding hydrogens is 378 g/mol. The summed E-state index contributed by atoms with van der Waals surface area (Å²) in [6.45, 7) is 0. The van der Waals surface area contributed by atoms with Gasteiger partial charge >= 0.3 is 112 Å². The minimum absolute atomic E-state index is 0.351. The van der Waals surface area contributed by atoms with E-state index in [0.29, 0.717) is 26.3 Å². The summed E-state index contributed by atoms with van der Waals surface area (Å²) in [5, 5.41) is 24.0. The first-order valence-electron chi connectivity index (χ1n) is 4.19. The first kappa shape index (κ1) is 12.2. The predicted octanol–water partition coefficient (Wildman–Crippen LogP) is -1.25. The van der Waals surface area contributed by atoms with E-state index in [4.69, 9.17) is 0 Å². The van der Waals surface area contributed by atoms with Crippen LogP contribution in [0.15, 0.2) is 0 Å². The second-order valence-corrected chi connectivity index (χ2v) is 11.5. The third-order valence-electron chi connectivity index (χ3n) is 1.42. The van der Waals surface area contributed by atoms with Crippen molar-refractivity contribution in [2.75, 3.05) is 24.7 Å². The summed E-state index contributed by atoms with van der Waals surface area (Å²) in [5.41, 5.74) is 0. The van der Waals surface area contributed by atoms with Gasteiger partial charge in [0.15, 0.2) is 0 Å². The molecule has 2 heterocycles. The maximum atomic E-state index is 4.12. The van der Waals surface area contributed by atoms with Crippen LogP contribution < -0.4 is 18.4 Å². The summed E-state index contributed by atoms with van der Waals surface area (Å²) in [6.07, 6.45) is 0. The van der Waals surface area contributed by atoms with Crippen molar-refractivity contribution in [2.45, 2.75) is 0 Å². The van der Waals surface area contributed by atoms with E-state index in [1.165, 1.54) is 0 Å². The van der Waals surface area contributed by atoms with Crippen molar-refractivity contribution in [1.82, 2.24) is 20.4 Å². The molecule has 16 heavy (non-hydrogen) atoms. The Kier molecular flexibility index (Phi) is 4.51. The van der Waals surface area contributed by atoms with Crippen LogP contribution >= 0.6 is 22.7 Å². The molecular formula is C6H8N6S2Se2. The zero-order valence-corrected chi connectivity index (χ0v) is 13.5. The van der Waals surface area contributed by atoms with E-state index in [2.05, 4.69) is 31.0 Å². The quantitative estimate of drug-likeness (QED) is 0.626. The minimum atomic E-state index is 0.351. The topological polar surface area (TPSA) is 75.6 Å². The normalized spacial score (nSPS) is 10.4. The SMILES string of the molecule is CNc1nnc([Se][Se]c2nnc(NC)s2)s1. The van der Waals surface area contributed by atoms with Crippen LogP contribution in [-0.2, 0) is 0 Å². The molecule has 86 valence electrons. The molecule has 2 N–H and O–H groups in total. The van der Waals surface area contributed by atoms with Crippen LogP contribution in [0.5, 0.6) is 0 Å². The number of hydrogen-bond acceptors (Lipinski definition) is 8. The van der Waals surface area contributed by atoms with Crippen LogP contribution in [0.2, 0.25) is 0 Å². The van der Waals surface area contributed by atoms with Crippen LogP contribution in [-0.4, -0.2) is 60.8 Å². The fourth-order valence-electron chi connectivity index (χ4n) is 0.760. The summed E-state index contributed by atoms with van der Waals surface area (Å²) in [5.74, 6) is 0. The Bertz CT molecular complexity index is 415. The average molecular weight is 386 g/mol. The van der Waals surface area contributed by atoms with E-state index >= 15 is 0 Å². The van der Waals surface area contributed by atoms with Crippen molar-refractivity contribution in [3.8, 4) is 0 Å². The number of hydrogen-bond donors (Lipinski definition) is 2. The van der Waals surface area contributed by atoms with Gasteiger partial charge < -0.3 is 0 Å². The number of rotatable bonds is 5. The van der Waals surface area contributed by atoms with Gasteiger partial charge in [-0.25, -0.2) is 0 Å². The summed E-state index contributed by atoms with van der Waals surface area (Å²) in [7, 11) is 3.71. The third-order valence-corrected chi connectivity index (χ3v) is 12.8. The molecule has 0 radical (unpaired) electrons. The molecule has 6 nitrogen and oxygen atoms in total. The van der Waals surface area contributed by atoms with Gasteiger partial charge in [0, 0.05) is 0 Å². The summed E-state index contributed by atoms with van der Waals surface area (Å²) < 4.78 is 2.22. The predicted molar refractivity (Wildman–Crippen MR) is 69.7 cm³/mol. The van der Waals surface area contributed by atoms with E-state index < -0.39 is 0 Å². The van der Waals surface area contributed by atoms with E-state index in [1.807, 2.05) is 14.1 Å². The van der Waals surface area contributed by atoms with Gasteiger partial charge in [-0.3, -0.25) is 0 Å². The molecule has 0 spiro atoms. The fourth-order valence-corrected chi connectivity index (χ4v) is 10.1. The second-order valence-electron chi connectivity index (χ2n) is 2.41. The molecule has 0 aliphatic rings. The molecule has 10 heteroatoms. The van der Waals surface area contributed by atoms with Crippen molar-refractivity contribution in [3.63, 3.8) is 0 Å². The Labute approximate surface area is 112 Å². The molecule has 0 fully saturated rings. The van der Waals surface area contributed by atoms with Crippen LogP contribution in [0.1, 0.15) is 0 Å². The van der Waals surface area contributed by atoms with Crippen molar-refractivity contribution < 1.29 is 0 Å². The second kappa shape index (κ2) is 5.90.